The number of amides is 2. The third kappa shape index (κ3) is 1.50. The number of likely N-dealkylation sites (tertiary alicyclic amines) is 1. The number of hydrogen-bond donors (Lipinski definition) is 1. The predicted molar refractivity (Wildman–Crippen MR) is 58.2 cm³/mol. The van der Waals surface area contributed by atoms with Gasteiger partial charge in [0.05, 0.1) is 3.23 Å². The number of hydrogen-bond acceptors (Lipinski definition) is 1. The number of fused-ring (bicyclic) bond motifs is 1. The van der Waals surface area contributed by atoms with E-state index in [4.69, 9.17) is 0 Å². The highest BCUT2D eigenvalue weighted by molar-refractivity contribution is 9.25. The van der Waals surface area contributed by atoms with Crippen LogP contribution < -0.4 is 5.32 Å². The number of nitrogens with one attached hydrogen (secondary N) is 1. The predicted octanol–water partition coefficient (Wildman–Crippen LogP) is 1.76. The molecule has 0 bridgehead atoms. The first-order valence-corrected chi connectivity index (χ1v) is 6.00. The number of rotatable bonds is 0. The van der Waals surface area contributed by atoms with Gasteiger partial charge in [-0.1, -0.05) is 31.9 Å². The van der Waals surface area contributed by atoms with E-state index in [1.54, 1.807) is 7.05 Å². The zero-order chi connectivity index (χ0) is 9.64. The number of halogens is 2. The van der Waals surface area contributed by atoms with Gasteiger partial charge in [0, 0.05) is 26.1 Å². The van der Waals surface area contributed by atoms with E-state index in [-0.39, 0.29) is 9.26 Å². The van der Waals surface area contributed by atoms with Crippen molar-refractivity contribution in [3.8, 4) is 0 Å². The maximum Gasteiger partial charge on any atom is 0.317 e. The monoisotopic (exact) mass is 310 g/mol. The van der Waals surface area contributed by atoms with Gasteiger partial charge in [0.15, 0.2) is 0 Å². The van der Waals surface area contributed by atoms with Crippen LogP contribution in [0.2, 0.25) is 0 Å². The summed E-state index contributed by atoms with van der Waals surface area (Å²) in [5, 5.41) is 2.66. The van der Waals surface area contributed by atoms with E-state index in [0.717, 1.165) is 19.5 Å². The van der Waals surface area contributed by atoms with Crippen molar-refractivity contribution >= 4 is 37.9 Å². The molecule has 1 aliphatic carbocycles. The summed E-state index contributed by atoms with van der Waals surface area (Å²) in [4.78, 5) is 13.2. The Morgan fingerprint density at radius 2 is 2.23 bits per heavy atom. The highest BCUT2D eigenvalue weighted by Crippen LogP contribution is 2.64. The molecule has 2 unspecified atom stereocenters. The van der Waals surface area contributed by atoms with Crippen LogP contribution in [0.1, 0.15) is 6.42 Å². The lowest BCUT2D eigenvalue weighted by atomic mass is 10.1. The minimum absolute atomic E-state index is 0.0427. The topological polar surface area (TPSA) is 32.3 Å². The molecule has 1 saturated heterocycles. The normalized spacial score (nSPS) is 35.2. The lowest BCUT2D eigenvalue weighted by Crippen LogP contribution is -2.42. The Hall–Kier alpha value is 0.230. The molecule has 3 nitrogen and oxygen atoms in total. The number of nitrogens with zero attached hydrogens (tertiary/aromatic N) is 1. The van der Waals surface area contributed by atoms with E-state index >= 15 is 0 Å². The quantitative estimate of drug-likeness (QED) is 0.679. The van der Waals surface area contributed by atoms with Crippen LogP contribution in [-0.2, 0) is 0 Å². The molecule has 2 atom stereocenters. The summed E-state index contributed by atoms with van der Waals surface area (Å²) in [5.74, 6) is 1.28. The highest BCUT2D eigenvalue weighted by atomic mass is 79.9. The molecule has 0 aromatic rings. The molecule has 13 heavy (non-hydrogen) atoms. The van der Waals surface area contributed by atoms with E-state index in [0.29, 0.717) is 11.8 Å². The fraction of sp³-hybridized carbons (Fsp3) is 0.875. The molecule has 0 aromatic carbocycles. The van der Waals surface area contributed by atoms with E-state index in [9.17, 15) is 4.79 Å². The molecule has 2 amide bonds. The molecule has 2 fully saturated rings. The minimum Gasteiger partial charge on any atom is -0.341 e. The summed E-state index contributed by atoms with van der Waals surface area (Å²) in [6, 6.07) is 0.0427. The average Bonchev–Trinajstić information content (AvgIpc) is 2.68. The van der Waals surface area contributed by atoms with E-state index in [1.807, 2.05) is 4.90 Å². The van der Waals surface area contributed by atoms with Gasteiger partial charge in [-0.3, -0.25) is 0 Å². The third-order valence-corrected chi connectivity index (χ3v) is 5.35. The first kappa shape index (κ1) is 9.77. The summed E-state index contributed by atoms with van der Waals surface area (Å²) >= 11 is 7.27. The summed E-state index contributed by atoms with van der Waals surface area (Å²) in [6.07, 6.45) is 1.09. The average molecular weight is 312 g/mol. The number of carbonyl (C=O) groups excluding carboxylic acids is 1. The molecule has 1 heterocycles. The molecule has 0 aromatic heterocycles. The number of piperidine rings is 1. The molecular formula is C8H12Br2N2O. The first-order valence-electron chi connectivity index (χ1n) is 4.42. The van der Waals surface area contributed by atoms with Crippen LogP contribution in [0.15, 0.2) is 0 Å². The van der Waals surface area contributed by atoms with Crippen LogP contribution >= 0.6 is 31.9 Å². The number of urea groups is 1. The van der Waals surface area contributed by atoms with Gasteiger partial charge >= 0.3 is 6.03 Å². The molecule has 74 valence electrons. The molecule has 1 aliphatic heterocycles. The van der Waals surface area contributed by atoms with Crippen molar-refractivity contribution in [2.45, 2.75) is 9.65 Å². The van der Waals surface area contributed by atoms with Gasteiger partial charge in [0.2, 0.25) is 0 Å². The van der Waals surface area contributed by atoms with Crippen LogP contribution in [0.5, 0.6) is 0 Å². The van der Waals surface area contributed by atoms with Crippen LogP contribution in [0.3, 0.4) is 0 Å². The standard InChI is InChI=1S/C8H12Br2N2O/c1-11-7(13)12-3-2-5-6(4-12)8(5,9)10/h5-6H,2-4H2,1H3,(H,11,13). The molecule has 1 saturated carbocycles. The molecule has 2 rings (SSSR count). The van der Waals surface area contributed by atoms with Gasteiger partial charge in [-0.2, -0.15) is 0 Å². The van der Waals surface area contributed by atoms with Gasteiger partial charge < -0.3 is 10.2 Å². The SMILES string of the molecule is CNC(=O)N1CCC2C(C1)C2(Br)Br. The maximum atomic E-state index is 11.3. The fourth-order valence-corrected chi connectivity index (χ4v) is 3.83. The second-order valence-electron chi connectivity index (χ2n) is 3.68. The Balaban J connectivity index is 1.97. The van der Waals surface area contributed by atoms with Crippen molar-refractivity contribution in [3.63, 3.8) is 0 Å². The molecule has 5 heteroatoms. The van der Waals surface area contributed by atoms with Crippen molar-refractivity contribution in [1.29, 1.82) is 0 Å². The van der Waals surface area contributed by atoms with Crippen molar-refractivity contribution < 1.29 is 4.79 Å². The number of carbonyl (C=O) groups is 1. The van der Waals surface area contributed by atoms with E-state index in [2.05, 4.69) is 37.2 Å². The molecule has 0 spiro atoms. The van der Waals surface area contributed by atoms with Gasteiger partial charge in [-0.25, -0.2) is 4.79 Å². The van der Waals surface area contributed by atoms with Gasteiger partial charge in [0.1, 0.15) is 0 Å². The molecular weight excluding hydrogens is 300 g/mol. The Labute approximate surface area is 94.5 Å². The van der Waals surface area contributed by atoms with Gasteiger partial charge in [-0.05, 0) is 12.3 Å². The van der Waals surface area contributed by atoms with Crippen molar-refractivity contribution in [2.24, 2.45) is 11.8 Å². The van der Waals surface area contributed by atoms with Crippen LogP contribution in [0.25, 0.3) is 0 Å². The van der Waals surface area contributed by atoms with Gasteiger partial charge in [-0.15, -0.1) is 0 Å². The van der Waals surface area contributed by atoms with E-state index in [1.165, 1.54) is 0 Å². The van der Waals surface area contributed by atoms with Crippen molar-refractivity contribution in [3.05, 3.63) is 0 Å². The van der Waals surface area contributed by atoms with Crippen molar-refractivity contribution in [2.75, 3.05) is 20.1 Å². The zero-order valence-corrected chi connectivity index (χ0v) is 10.6. The van der Waals surface area contributed by atoms with Crippen LogP contribution in [0, 0.1) is 11.8 Å². The Morgan fingerprint density at radius 1 is 1.54 bits per heavy atom. The molecule has 2 aliphatic rings. The Morgan fingerprint density at radius 3 is 2.77 bits per heavy atom. The zero-order valence-electron chi connectivity index (χ0n) is 7.39. The summed E-state index contributed by atoms with van der Waals surface area (Å²) in [7, 11) is 1.68. The largest absolute Gasteiger partial charge is 0.341 e. The van der Waals surface area contributed by atoms with Crippen molar-refractivity contribution in [1.82, 2.24) is 10.2 Å². The van der Waals surface area contributed by atoms with Crippen LogP contribution in [-0.4, -0.2) is 34.3 Å². The summed E-state index contributed by atoms with van der Waals surface area (Å²) in [6.45, 7) is 1.74. The summed E-state index contributed by atoms with van der Waals surface area (Å²) < 4.78 is 0.114. The van der Waals surface area contributed by atoms with E-state index < -0.39 is 0 Å². The second-order valence-corrected chi connectivity index (χ2v) is 7.37. The van der Waals surface area contributed by atoms with Gasteiger partial charge in [0.25, 0.3) is 0 Å². The highest BCUT2D eigenvalue weighted by Gasteiger charge is 2.63. The maximum absolute atomic E-state index is 11.3. The Kier molecular flexibility index (Phi) is 2.35. The van der Waals surface area contributed by atoms with Crippen LogP contribution in [0.4, 0.5) is 4.79 Å². The molecule has 1 N–H and O–H groups in total. The third-order valence-electron chi connectivity index (χ3n) is 2.99. The second kappa shape index (κ2) is 3.12. The lowest BCUT2D eigenvalue weighted by Gasteiger charge is -2.25. The molecule has 0 radical (unpaired) electrons. The summed E-state index contributed by atoms with van der Waals surface area (Å²) in [5.41, 5.74) is 0. The first-order chi connectivity index (χ1) is 6.07. The Bertz CT molecular complexity index is 244. The minimum atomic E-state index is 0.0427. The lowest BCUT2D eigenvalue weighted by molar-refractivity contribution is 0.186. The smallest absolute Gasteiger partial charge is 0.317 e. The number of alkyl halides is 2. The fourth-order valence-electron chi connectivity index (χ4n) is 2.07.